The van der Waals surface area contributed by atoms with E-state index in [2.05, 4.69) is 21.8 Å². The second-order valence-corrected chi connectivity index (χ2v) is 5.52. The van der Waals surface area contributed by atoms with E-state index in [0.29, 0.717) is 0 Å². The van der Waals surface area contributed by atoms with Crippen LogP contribution in [0.5, 0.6) is 0 Å². The van der Waals surface area contributed by atoms with Gasteiger partial charge in [-0.3, -0.25) is 4.99 Å². The molecule has 3 aromatic rings. The Bertz CT molecular complexity index is 1020. The van der Waals surface area contributed by atoms with Crippen LogP contribution in [-0.2, 0) is 0 Å². The first-order valence-electron chi connectivity index (χ1n) is 7.15. The lowest BCUT2D eigenvalue weighted by Crippen LogP contribution is -2.03. The van der Waals surface area contributed by atoms with E-state index < -0.39 is 11.8 Å². The summed E-state index contributed by atoms with van der Waals surface area (Å²) in [6, 6.07) is 9.67. The number of hydrogen-bond donors (Lipinski definition) is 1. The van der Waals surface area contributed by atoms with Gasteiger partial charge in [-0.2, -0.15) is 0 Å². The SMILES string of the molecule is C=Cc1ccc(C=Nc2c(C(=O)O)nnc3cc(Cl)c(F)cc23)cc1. The summed E-state index contributed by atoms with van der Waals surface area (Å²) >= 11 is 5.74. The number of carboxylic acid groups (broad SMARTS) is 1. The zero-order valence-corrected chi connectivity index (χ0v) is 13.5. The van der Waals surface area contributed by atoms with Gasteiger partial charge in [0.05, 0.1) is 10.5 Å². The van der Waals surface area contributed by atoms with Crippen LogP contribution in [0.25, 0.3) is 17.0 Å². The van der Waals surface area contributed by atoms with Crippen molar-refractivity contribution in [3.63, 3.8) is 0 Å². The number of carbonyl (C=O) groups is 1. The van der Waals surface area contributed by atoms with Gasteiger partial charge in [-0.1, -0.05) is 48.5 Å². The van der Waals surface area contributed by atoms with Crippen LogP contribution in [0.4, 0.5) is 10.1 Å². The molecule has 5 nitrogen and oxygen atoms in total. The molecule has 124 valence electrons. The standard InChI is InChI=1S/C18H11ClFN3O2/c1-2-10-3-5-11(6-4-10)9-21-16-12-7-14(20)13(19)8-15(12)22-23-17(16)18(24)25/h2-9H,1H2,(H,24,25). The third kappa shape index (κ3) is 3.39. The highest BCUT2D eigenvalue weighted by atomic mass is 35.5. The number of benzene rings is 2. The van der Waals surface area contributed by atoms with Crippen LogP contribution in [0, 0.1) is 5.82 Å². The van der Waals surface area contributed by atoms with Crippen molar-refractivity contribution in [1.82, 2.24) is 10.2 Å². The normalized spacial score (nSPS) is 11.1. The summed E-state index contributed by atoms with van der Waals surface area (Å²) in [5.74, 6) is -2.00. The summed E-state index contributed by atoms with van der Waals surface area (Å²) in [6.45, 7) is 3.67. The maximum absolute atomic E-state index is 13.8. The molecule has 0 aliphatic heterocycles. The second kappa shape index (κ2) is 6.78. The Morgan fingerprint density at radius 1 is 1.20 bits per heavy atom. The van der Waals surface area contributed by atoms with Gasteiger partial charge in [0.15, 0.2) is 5.69 Å². The van der Waals surface area contributed by atoms with Crippen LogP contribution in [-0.4, -0.2) is 27.5 Å². The molecule has 25 heavy (non-hydrogen) atoms. The van der Waals surface area contributed by atoms with Gasteiger partial charge in [-0.25, -0.2) is 9.18 Å². The number of hydrogen-bond acceptors (Lipinski definition) is 4. The van der Waals surface area contributed by atoms with E-state index in [1.54, 1.807) is 18.2 Å². The molecule has 0 aliphatic rings. The molecule has 0 atom stereocenters. The van der Waals surface area contributed by atoms with E-state index in [1.807, 2.05) is 12.1 Å². The average molecular weight is 356 g/mol. The molecule has 0 fully saturated rings. The summed E-state index contributed by atoms with van der Waals surface area (Å²) in [5.41, 5.74) is 1.58. The van der Waals surface area contributed by atoms with E-state index >= 15 is 0 Å². The average Bonchev–Trinajstić information content (AvgIpc) is 2.61. The number of aromatic nitrogens is 2. The molecule has 0 saturated carbocycles. The maximum Gasteiger partial charge on any atom is 0.358 e. The molecule has 0 bridgehead atoms. The first-order valence-corrected chi connectivity index (χ1v) is 7.52. The number of rotatable bonds is 4. The molecule has 0 spiro atoms. The Morgan fingerprint density at radius 3 is 2.52 bits per heavy atom. The van der Waals surface area contributed by atoms with Gasteiger partial charge in [-0.15, -0.1) is 10.2 Å². The molecular weight excluding hydrogens is 345 g/mol. The largest absolute Gasteiger partial charge is 0.476 e. The Morgan fingerprint density at radius 2 is 1.88 bits per heavy atom. The van der Waals surface area contributed by atoms with Crippen LogP contribution in [0.2, 0.25) is 5.02 Å². The van der Waals surface area contributed by atoms with E-state index in [9.17, 15) is 14.3 Å². The topological polar surface area (TPSA) is 75.4 Å². The van der Waals surface area contributed by atoms with Gasteiger partial charge in [0.25, 0.3) is 0 Å². The summed E-state index contributed by atoms with van der Waals surface area (Å²) < 4.78 is 13.8. The van der Waals surface area contributed by atoms with Crippen molar-refractivity contribution in [2.45, 2.75) is 0 Å². The molecule has 2 aromatic carbocycles. The molecule has 1 aromatic heterocycles. The fourth-order valence-corrected chi connectivity index (χ4v) is 2.38. The zero-order chi connectivity index (χ0) is 18.0. The number of halogens is 2. The predicted octanol–water partition coefficient (Wildman–Crippen LogP) is 4.51. The van der Waals surface area contributed by atoms with Gasteiger partial charge in [0, 0.05) is 11.6 Å². The zero-order valence-electron chi connectivity index (χ0n) is 12.8. The van der Waals surface area contributed by atoms with Crippen molar-refractivity contribution in [1.29, 1.82) is 0 Å². The molecule has 1 heterocycles. The fraction of sp³-hybridized carbons (Fsp3) is 0. The van der Waals surface area contributed by atoms with E-state index in [-0.39, 0.29) is 27.3 Å². The molecule has 0 unspecified atom stereocenters. The monoisotopic (exact) mass is 355 g/mol. The molecule has 0 amide bonds. The quantitative estimate of drug-likeness (QED) is 0.698. The lowest BCUT2D eigenvalue weighted by atomic mass is 10.1. The van der Waals surface area contributed by atoms with Gasteiger partial charge in [-0.05, 0) is 23.3 Å². The van der Waals surface area contributed by atoms with E-state index in [1.165, 1.54) is 12.3 Å². The fourth-order valence-electron chi connectivity index (χ4n) is 2.22. The highest BCUT2D eigenvalue weighted by Crippen LogP contribution is 2.30. The maximum atomic E-state index is 13.8. The lowest BCUT2D eigenvalue weighted by Gasteiger charge is -2.05. The molecule has 0 saturated heterocycles. The molecule has 7 heteroatoms. The number of nitrogens with zero attached hydrogens (tertiary/aromatic N) is 3. The highest BCUT2D eigenvalue weighted by molar-refractivity contribution is 6.31. The molecule has 0 aliphatic carbocycles. The predicted molar refractivity (Wildman–Crippen MR) is 95.3 cm³/mol. The first kappa shape index (κ1) is 16.7. The van der Waals surface area contributed by atoms with Gasteiger partial charge >= 0.3 is 5.97 Å². The van der Waals surface area contributed by atoms with Gasteiger partial charge in [0.2, 0.25) is 0 Å². The van der Waals surface area contributed by atoms with E-state index in [4.69, 9.17) is 11.6 Å². The van der Waals surface area contributed by atoms with Crippen LogP contribution >= 0.6 is 11.6 Å². The van der Waals surface area contributed by atoms with Crippen LogP contribution in [0.3, 0.4) is 0 Å². The summed E-state index contributed by atoms with van der Waals surface area (Å²) in [5, 5.41) is 16.8. The van der Waals surface area contributed by atoms with E-state index in [0.717, 1.165) is 17.2 Å². The Labute approximate surface area is 147 Å². The smallest absolute Gasteiger partial charge is 0.358 e. The van der Waals surface area contributed by atoms with Crippen LogP contribution in [0.1, 0.15) is 21.6 Å². The Kier molecular flexibility index (Phi) is 4.54. The second-order valence-electron chi connectivity index (χ2n) is 5.11. The van der Waals surface area contributed by atoms with Gasteiger partial charge < -0.3 is 5.11 Å². The molecule has 3 rings (SSSR count). The molecule has 1 N–H and O–H groups in total. The highest BCUT2D eigenvalue weighted by Gasteiger charge is 2.17. The number of fused-ring (bicyclic) bond motifs is 1. The van der Waals surface area contributed by atoms with Gasteiger partial charge in [0.1, 0.15) is 11.5 Å². The van der Waals surface area contributed by atoms with Crippen molar-refractivity contribution in [2.75, 3.05) is 0 Å². The van der Waals surface area contributed by atoms with Crippen molar-refractivity contribution in [3.05, 3.63) is 70.6 Å². The molecule has 0 radical (unpaired) electrons. The van der Waals surface area contributed by atoms with Crippen LogP contribution in [0.15, 0.2) is 48.0 Å². The minimum Gasteiger partial charge on any atom is -0.476 e. The van der Waals surface area contributed by atoms with Crippen molar-refractivity contribution in [3.8, 4) is 0 Å². The Balaban J connectivity index is 2.15. The van der Waals surface area contributed by atoms with Crippen LogP contribution < -0.4 is 0 Å². The third-order valence-electron chi connectivity index (χ3n) is 3.49. The number of carboxylic acids is 1. The summed E-state index contributed by atoms with van der Waals surface area (Å²) in [6.07, 6.45) is 3.18. The van der Waals surface area contributed by atoms with Crippen molar-refractivity contribution in [2.24, 2.45) is 4.99 Å². The number of aromatic carboxylic acids is 1. The minimum atomic E-state index is -1.31. The van der Waals surface area contributed by atoms with Crippen molar-refractivity contribution >= 4 is 46.5 Å². The minimum absolute atomic E-state index is 0.0147. The Hall–Kier alpha value is -3.12. The van der Waals surface area contributed by atoms with Crippen molar-refractivity contribution < 1.29 is 14.3 Å². The first-order chi connectivity index (χ1) is 12.0. The molecular formula is C18H11ClFN3O2. The summed E-state index contributed by atoms with van der Waals surface area (Å²) in [7, 11) is 0. The lowest BCUT2D eigenvalue weighted by molar-refractivity contribution is 0.0690. The summed E-state index contributed by atoms with van der Waals surface area (Å²) in [4.78, 5) is 15.6. The number of aliphatic imine (C=N–C) groups is 1. The third-order valence-corrected chi connectivity index (χ3v) is 3.78.